The third kappa shape index (κ3) is 4.55. The van der Waals surface area contributed by atoms with Crippen LogP contribution in [0.2, 0.25) is 0 Å². The fourth-order valence-corrected chi connectivity index (χ4v) is 3.41. The molecule has 1 unspecified atom stereocenters. The van der Waals surface area contributed by atoms with Gasteiger partial charge in [-0.2, -0.15) is 0 Å². The minimum atomic E-state index is -0.725. The van der Waals surface area contributed by atoms with Gasteiger partial charge in [0.2, 0.25) is 0 Å². The molecule has 3 N–H and O–H groups in total. The predicted molar refractivity (Wildman–Crippen MR) is 108 cm³/mol. The summed E-state index contributed by atoms with van der Waals surface area (Å²) in [6.07, 6.45) is -0.725. The van der Waals surface area contributed by atoms with E-state index in [1.54, 1.807) is 19.2 Å². The fourth-order valence-electron chi connectivity index (χ4n) is 3.41. The van der Waals surface area contributed by atoms with Gasteiger partial charge < -0.3 is 25.2 Å². The molecule has 0 saturated carbocycles. The third-order valence-corrected chi connectivity index (χ3v) is 5.12. The van der Waals surface area contributed by atoms with E-state index < -0.39 is 6.10 Å². The maximum Gasteiger partial charge on any atom is 0.254 e. The number of phenols is 1. The molecule has 1 aliphatic rings. The number of carbonyl (C=O) groups is 1. The first-order chi connectivity index (χ1) is 13.5. The van der Waals surface area contributed by atoms with Crippen LogP contribution >= 0.6 is 0 Å². The lowest BCUT2D eigenvalue weighted by Crippen LogP contribution is -2.47. The van der Waals surface area contributed by atoms with E-state index >= 15 is 0 Å². The van der Waals surface area contributed by atoms with Crippen LogP contribution in [0.15, 0.2) is 42.5 Å². The minimum absolute atomic E-state index is 0.0941. The molecule has 2 aromatic carbocycles. The van der Waals surface area contributed by atoms with Gasteiger partial charge in [-0.15, -0.1) is 0 Å². The van der Waals surface area contributed by atoms with Crippen LogP contribution < -0.4 is 15.0 Å². The van der Waals surface area contributed by atoms with Crippen molar-refractivity contribution in [1.29, 1.82) is 0 Å². The van der Waals surface area contributed by atoms with E-state index in [1.807, 2.05) is 12.1 Å². The van der Waals surface area contributed by atoms with Gasteiger partial charge >= 0.3 is 0 Å². The van der Waals surface area contributed by atoms with E-state index in [0.717, 1.165) is 37.6 Å². The molecule has 1 saturated heterocycles. The SMILES string of the molecule is CNC(=O)c1cc(C(O)CN2CCN(c3ccc(OC)cc3)CC2)ccc1O. The quantitative estimate of drug-likeness (QED) is 0.701. The topological polar surface area (TPSA) is 85.3 Å². The molecule has 1 heterocycles. The molecule has 3 rings (SSSR count). The molecule has 28 heavy (non-hydrogen) atoms. The van der Waals surface area contributed by atoms with Gasteiger partial charge in [-0.1, -0.05) is 6.07 Å². The van der Waals surface area contributed by atoms with Crippen molar-refractivity contribution in [2.45, 2.75) is 6.10 Å². The summed E-state index contributed by atoms with van der Waals surface area (Å²) in [5.41, 5.74) is 1.95. The average molecular weight is 385 g/mol. The van der Waals surface area contributed by atoms with Crippen molar-refractivity contribution in [1.82, 2.24) is 10.2 Å². The van der Waals surface area contributed by atoms with Crippen LogP contribution in [0.5, 0.6) is 11.5 Å². The van der Waals surface area contributed by atoms with E-state index in [4.69, 9.17) is 4.74 Å². The van der Waals surface area contributed by atoms with Crippen molar-refractivity contribution >= 4 is 11.6 Å². The number of aromatic hydroxyl groups is 1. The Morgan fingerprint density at radius 3 is 2.43 bits per heavy atom. The van der Waals surface area contributed by atoms with Gasteiger partial charge in [0.1, 0.15) is 11.5 Å². The van der Waals surface area contributed by atoms with Crippen molar-refractivity contribution in [2.24, 2.45) is 0 Å². The zero-order chi connectivity index (χ0) is 20.1. The summed E-state index contributed by atoms with van der Waals surface area (Å²) in [4.78, 5) is 16.4. The van der Waals surface area contributed by atoms with E-state index in [-0.39, 0.29) is 17.2 Å². The number of aliphatic hydroxyl groups excluding tert-OH is 1. The van der Waals surface area contributed by atoms with Gasteiger partial charge in [0, 0.05) is 45.5 Å². The number of phenolic OH excluding ortho intramolecular Hbond substituents is 1. The molecule has 0 aromatic heterocycles. The van der Waals surface area contributed by atoms with Crippen LogP contribution in [-0.4, -0.2) is 67.9 Å². The van der Waals surface area contributed by atoms with Crippen molar-refractivity contribution in [3.63, 3.8) is 0 Å². The number of hydrogen-bond donors (Lipinski definition) is 3. The highest BCUT2D eigenvalue weighted by atomic mass is 16.5. The van der Waals surface area contributed by atoms with E-state index in [2.05, 4.69) is 27.2 Å². The lowest BCUT2D eigenvalue weighted by atomic mass is 10.0. The summed E-state index contributed by atoms with van der Waals surface area (Å²) >= 11 is 0. The Balaban J connectivity index is 1.57. The van der Waals surface area contributed by atoms with Crippen LogP contribution in [0.25, 0.3) is 0 Å². The largest absolute Gasteiger partial charge is 0.507 e. The normalized spacial score (nSPS) is 15.9. The zero-order valence-corrected chi connectivity index (χ0v) is 16.3. The van der Waals surface area contributed by atoms with Gasteiger partial charge in [0.05, 0.1) is 18.8 Å². The Hall–Kier alpha value is -2.77. The number of nitrogens with one attached hydrogen (secondary N) is 1. The first-order valence-electron chi connectivity index (χ1n) is 9.36. The Morgan fingerprint density at radius 2 is 1.82 bits per heavy atom. The average Bonchev–Trinajstić information content (AvgIpc) is 2.74. The van der Waals surface area contributed by atoms with E-state index in [9.17, 15) is 15.0 Å². The molecule has 0 aliphatic carbocycles. The third-order valence-electron chi connectivity index (χ3n) is 5.12. The number of nitrogens with zero attached hydrogens (tertiary/aromatic N) is 2. The molecule has 7 heteroatoms. The molecule has 1 fully saturated rings. The Kier molecular flexibility index (Phi) is 6.38. The van der Waals surface area contributed by atoms with Gasteiger partial charge in [0.15, 0.2) is 0 Å². The molecule has 1 aliphatic heterocycles. The van der Waals surface area contributed by atoms with Crippen molar-refractivity contribution < 1.29 is 19.7 Å². The number of benzene rings is 2. The molecule has 1 amide bonds. The lowest BCUT2D eigenvalue weighted by Gasteiger charge is -2.37. The Labute approximate surface area is 165 Å². The highest BCUT2D eigenvalue weighted by Gasteiger charge is 2.21. The number of rotatable bonds is 6. The number of amides is 1. The Bertz CT molecular complexity index is 802. The van der Waals surface area contributed by atoms with Crippen LogP contribution in [0.1, 0.15) is 22.0 Å². The van der Waals surface area contributed by atoms with Gasteiger partial charge in [-0.05, 0) is 42.0 Å². The van der Waals surface area contributed by atoms with Gasteiger partial charge in [0.25, 0.3) is 5.91 Å². The van der Waals surface area contributed by atoms with Crippen molar-refractivity contribution in [2.75, 3.05) is 51.8 Å². The molecule has 1 atom stereocenters. The zero-order valence-electron chi connectivity index (χ0n) is 16.3. The fraction of sp³-hybridized carbons (Fsp3) is 0.381. The summed E-state index contributed by atoms with van der Waals surface area (Å²) in [6, 6.07) is 12.7. The van der Waals surface area contributed by atoms with Gasteiger partial charge in [-0.3, -0.25) is 9.69 Å². The molecular weight excluding hydrogens is 358 g/mol. The summed E-state index contributed by atoms with van der Waals surface area (Å²) in [5.74, 6) is 0.374. The number of aliphatic hydroxyl groups is 1. The van der Waals surface area contributed by atoms with Crippen molar-refractivity contribution in [3.05, 3.63) is 53.6 Å². The first-order valence-corrected chi connectivity index (χ1v) is 9.36. The number of methoxy groups -OCH3 is 1. The van der Waals surface area contributed by atoms with Crippen LogP contribution in [0.4, 0.5) is 5.69 Å². The van der Waals surface area contributed by atoms with Crippen LogP contribution in [0.3, 0.4) is 0 Å². The summed E-state index contributed by atoms with van der Waals surface area (Å²) in [6.45, 7) is 3.90. The number of ether oxygens (including phenoxy) is 1. The van der Waals surface area contributed by atoms with E-state index in [1.165, 1.54) is 13.1 Å². The highest BCUT2D eigenvalue weighted by molar-refractivity contribution is 5.96. The molecule has 150 valence electrons. The van der Waals surface area contributed by atoms with Crippen molar-refractivity contribution in [3.8, 4) is 11.5 Å². The Morgan fingerprint density at radius 1 is 1.14 bits per heavy atom. The molecule has 0 bridgehead atoms. The smallest absolute Gasteiger partial charge is 0.254 e. The molecule has 0 spiro atoms. The second-order valence-electron chi connectivity index (χ2n) is 6.86. The second-order valence-corrected chi connectivity index (χ2v) is 6.86. The minimum Gasteiger partial charge on any atom is -0.507 e. The number of piperazine rings is 1. The number of β-amino-alcohol motifs (C(OH)–C–C–N with tert-alkyl or cyclic N) is 1. The summed E-state index contributed by atoms with van der Waals surface area (Å²) < 4.78 is 5.20. The van der Waals surface area contributed by atoms with Gasteiger partial charge in [-0.25, -0.2) is 0 Å². The van der Waals surface area contributed by atoms with Crippen LogP contribution in [-0.2, 0) is 0 Å². The number of hydrogen-bond acceptors (Lipinski definition) is 6. The maximum atomic E-state index is 11.8. The molecule has 7 nitrogen and oxygen atoms in total. The maximum absolute atomic E-state index is 11.8. The summed E-state index contributed by atoms with van der Waals surface area (Å²) in [7, 11) is 3.16. The monoisotopic (exact) mass is 385 g/mol. The lowest BCUT2D eigenvalue weighted by molar-refractivity contribution is 0.0958. The highest BCUT2D eigenvalue weighted by Crippen LogP contribution is 2.24. The van der Waals surface area contributed by atoms with E-state index in [0.29, 0.717) is 12.1 Å². The molecule has 0 radical (unpaired) electrons. The standard InChI is InChI=1S/C21H27N3O4/c1-22-21(27)18-13-15(3-8-19(18)25)20(26)14-23-9-11-24(12-10-23)16-4-6-17(28-2)7-5-16/h3-8,13,20,25-26H,9-12,14H2,1-2H3,(H,22,27). The predicted octanol–water partition coefficient (Wildman–Crippen LogP) is 1.62. The molecular formula is C21H27N3O4. The first kappa shape index (κ1) is 20.0. The van der Waals surface area contributed by atoms with Crippen LogP contribution in [0, 0.1) is 0 Å². The summed E-state index contributed by atoms with van der Waals surface area (Å²) in [5, 5.41) is 22.9. The second kappa shape index (κ2) is 8.95. The number of anilines is 1. The molecule has 2 aromatic rings. The number of carbonyl (C=O) groups excluding carboxylic acids is 1.